The molecule has 0 aromatic heterocycles. The number of benzene rings is 2. The summed E-state index contributed by atoms with van der Waals surface area (Å²) in [7, 11) is 1.68. The van der Waals surface area contributed by atoms with E-state index in [0.717, 1.165) is 29.0 Å². The lowest BCUT2D eigenvalue weighted by Gasteiger charge is -2.13. The highest BCUT2D eigenvalue weighted by Crippen LogP contribution is 2.30. The summed E-state index contributed by atoms with van der Waals surface area (Å²) in [6, 6.07) is 11.9. The topological polar surface area (TPSA) is 21.3 Å². The van der Waals surface area contributed by atoms with Crippen LogP contribution < -0.4 is 10.1 Å². The van der Waals surface area contributed by atoms with Crippen molar-refractivity contribution in [2.24, 2.45) is 0 Å². The fourth-order valence-corrected chi connectivity index (χ4v) is 2.55. The van der Waals surface area contributed by atoms with Crippen molar-refractivity contribution < 1.29 is 9.13 Å². The lowest BCUT2D eigenvalue weighted by Crippen LogP contribution is -2.15. The number of hydrogen-bond donors (Lipinski definition) is 1. The molecule has 2 aromatic rings. The molecular formula is C18H20FNO. The first-order valence-electron chi connectivity index (χ1n) is 7.35. The zero-order valence-corrected chi connectivity index (χ0v) is 12.4. The smallest absolute Gasteiger partial charge is 0.126 e. The van der Waals surface area contributed by atoms with Crippen molar-refractivity contribution in [1.82, 2.24) is 5.32 Å². The summed E-state index contributed by atoms with van der Waals surface area (Å²) >= 11 is 0. The van der Waals surface area contributed by atoms with Gasteiger partial charge in [0.15, 0.2) is 0 Å². The fraction of sp³-hybridized carbons (Fsp3) is 0.333. The predicted octanol–water partition coefficient (Wildman–Crippen LogP) is 4.06. The normalized spacial score (nSPS) is 14.2. The van der Waals surface area contributed by atoms with Gasteiger partial charge in [0.05, 0.1) is 7.11 Å². The van der Waals surface area contributed by atoms with E-state index in [4.69, 9.17) is 4.74 Å². The SMILES string of the molecule is COc1ccc(-c2cccc(F)c2C)cc1CNC1CC1. The van der Waals surface area contributed by atoms with Gasteiger partial charge in [-0.15, -0.1) is 0 Å². The van der Waals surface area contributed by atoms with Crippen LogP contribution in [0.3, 0.4) is 0 Å². The van der Waals surface area contributed by atoms with Crippen molar-refractivity contribution >= 4 is 0 Å². The van der Waals surface area contributed by atoms with Gasteiger partial charge >= 0.3 is 0 Å². The van der Waals surface area contributed by atoms with Gasteiger partial charge in [-0.25, -0.2) is 4.39 Å². The summed E-state index contributed by atoms with van der Waals surface area (Å²) in [6.45, 7) is 2.60. The van der Waals surface area contributed by atoms with E-state index in [2.05, 4.69) is 11.4 Å². The third-order valence-corrected chi connectivity index (χ3v) is 4.02. The van der Waals surface area contributed by atoms with Gasteiger partial charge in [0, 0.05) is 18.2 Å². The number of methoxy groups -OCH3 is 1. The van der Waals surface area contributed by atoms with Crippen molar-refractivity contribution in [2.45, 2.75) is 32.4 Å². The van der Waals surface area contributed by atoms with Gasteiger partial charge in [-0.3, -0.25) is 0 Å². The predicted molar refractivity (Wildman–Crippen MR) is 83.0 cm³/mol. The molecule has 110 valence electrons. The maximum Gasteiger partial charge on any atom is 0.126 e. The summed E-state index contributed by atoms with van der Waals surface area (Å²) in [6.07, 6.45) is 2.51. The Hall–Kier alpha value is -1.87. The molecule has 1 N–H and O–H groups in total. The lowest BCUT2D eigenvalue weighted by molar-refractivity contribution is 0.407. The van der Waals surface area contributed by atoms with Crippen LogP contribution in [0.2, 0.25) is 0 Å². The first-order valence-corrected chi connectivity index (χ1v) is 7.35. The third-order valence-electron chi connectivity index (χ3n) is 4.02. The number of hydrogen-bond acceptors (Lipinski definition) is 2. The highest BCUT2D eigenvalue weighted by molar-refractivity contribution is 5.69. The fourth-order valence-electron chi connectivity index (χ4n) is 2.55. The second kappa shape index (κ2) is 5.86. The number of halogens is 1. The molecule has 0 spiro atoms. The standard InChI is InChI=1S/C18H20FNO/c1-12-16(4-3-5-17(12)19)13-6-9-18(21-2)14(10-13)11-20-15-7-8-15/h3-6,9-10,15,20H,7-8,11H2,1-2H3. The van der Waals surface area contributed by atoms with E-state index in [0.29, 0.717) is 11.6 Å². The Morgan fingerprint density at radius 3 is 2.76 bits per heavy atom. The molecule has 0 atom stereocenters. The van der Waals surface area contributed by atoms with Crippen LogP contribution in [0.5, 0.6) is 5.75 Å². The van der Waals surface area contributed by atoms with Gasteiger partial charge in [-0.05, 0) is 54.7 Å². The molecule has 0 radical (unpaired) electrons. The molecule has 0 aliphatic heterocycles. The Bertz CT molecular complexity index is 650. The van der Waals surface area contributed by atoms with Crippen molar-refractivity contribution in [3.8, 4) is 16.9 Å². The van der Waals surface area contributed by atoms with Crippen LogP contribution in [0.4, 0.5) is 4.39 Å². The van der Waals surface area contributed by atoms with Crippen LogP contribution in [0.1, 0.15) is 24.0 Å². The molecule has 0 unspecified atom stereocenters. The zero-order valence-electron chi connectivity index (χ0n) is 12.4. The number of nitrogens with one attached hydrogen (secondary N) is 1. The lowest BCUT2D eigenvalue weighted by atomic mass is 9.98. The molecule has 2 aromatic carbocycles. The number of ether oxygens (including phenoxy) is 1. The molecule has 0 bridgehead atoms. The minimum atomic E-state index is -0.166. The molecule has 0 amide bonds. The van der Waals surface area contributed by atoms with E-state index in [-0.39, 0.29) is 5.82 Å². The third kappa shape index (κ3) is 3.08. The maximum atomic E-state index is 13.7. The summed E-state index contributed by atoms with van der Waals surface area (Å²) in [4.78, 5) is 0. The van der Waals surface area contributed by atoms with Crippen LogP contribution in [0.25, 0.3) is 11.1 Å². The Morgan fingerprint density at radius 2 is 2.05 bits per heavy atom. The number of rotatable bonds is 5. The van der Waals surface area contributed by atoms with E-state index in [9.17, 15) is 4.39 Å². The Labute approximate surface area is 125 Å². The Morgan fingerprint density at radius 1 is 1.24 bits per heavy atom. The quantitative estimate of drug-likeness (QED) is 0.894. The molecular weight excluding hydrogens is 265 g/mol. The summed E-state index contributed by atoms with van der Waals surface area (Å²) in [5, 5.41) is 3.50. The largest absolute Gasteiger partial charge is 0.496 e. The van der Waals surface area contributed by atoms with Gasteiger partial charge in [-0.2, -0.15) is 0 Å². The van der Waals surface area contributed by atoms with E-state index in [1.54, 1.807) is 13.2 Å². The Kier molecular flexibility index (Phi) is 3.93. The average Bonchev–Trinajstić information content (AvgIpc) is 3.32. The molecule has 1 fully saturated rings. The van der Waals surface area contributed by atoms with Crippen LogP contribution in [-0.2, 0) is 6.54 Å². The summed E-state index contributed by atoms with van der Waals surface area (Å²) in [5.41, 5.74) is 3.76. The average molecular weight is 285 g/mol. The first-order chi connectivity index (χ1) is 10.2. The van der Waals surface area contributed by atoms with Crippen molar-refractivity contribution in [2.75, 3.05) is 7.11 Å². The summed E-state index contributed by atoms with van der Waals surface area (Å²) in [5.74, 6) is 0.710. The van der Waals surface area contributed by atoms with Crippen LogP contribution in [0, 0.1) is 12.7 Å². The second-order valence-corrected chi connectivity index (χ2v) is 5.59. The van der Waals surface area contributed by atoms with Gasteiger partial charge < -0.3 is 10.1 Å². The van der Waals surface area contributed by atoms with Gasteiger partial charge in [0.2, 0.25) is 0 Å². The Balaban J connectivity index is 1.94. The summed E-state index contributed by atoms with van der Waals surface area (Å²) < 4.78 is 19.2. The van der Waals surface area contributed by atoms with Crippen molar-refractivity contribution in [3.05, 3.63) is 53.3 Å². The second-order valence-electron chi connectivity index (χ2n) is 5.59. The molecule has 3 rings (SSSR count). The maximum absolute atomic E-state index is 13.7. The van der Waals surface area contributed by atoms with E-state index in [1.807, 2.05) is 25.1 Å². The molecule has 1 saturated carbocycles. The van der Waals surface area contributed by atoms with E-state index >= 15 is 0 Å². The minimum Gasteiger partial charge on any atom is -0.496 e. The van der Waals surface area contributed by atoms with Crippen LogP contribution >= 0.6 is 0 Å². The molecule has 1 aliphatic carbocycles. The van der Waals surface area contributed by atoms with Crippen LogP contribution in [-0.4, -0.2) is 13.2 Å². The van der Waals surface area contributed by atoms with Gasteiger partial charge in [-0.1, -0.05) is 18.2 Å². The van der Waals surface area contributed by atoms with Gasteiger partial charge in [0.1, 0.15) is 11.6 Å². The zero-order chi connectivity index (χ0) is 14.8. The highest BCUT2D eigenvalue weighted by Gasteiger charge is 2.20. The van der Waals surface area contributed by atoms with Crippen molar-refractivity contribution in [1.29, 1.82) is 0 Å². The minimum absolute atomic E-state index is 0.166. The molecule has 1 aliphatic rings. The molecule has 2 nitrogen and oxygen atoms in total. The molecule has 21 heavy (non-hydrogen) atoms. The van der Waals surface area contributed by atoms with E-state index < -0.39 is 0 Å². The van der Waals surface area contributed by atoms with Crippen LogP contribution in [0.15, 0.2) is 36.4 Å². The molecule has 0 saturated heterocycles. The van der Waals surface area contributed by atoms with Gasteiger partial charge in [0.25, 0.3) is 0 Å². The highest BCUT2D eigenvalue weighted by atomic mass is 19.1. The van der Waals surface area contributed by atoms with Crippen molar-refractivity contribution in [3.63, 3.8) is 0 Å². The monoisotopic (exact) mass is 285 g/mol. The molecule has 0 heterocycles. The molecule has 3 heteroatoms. The van der Waals surface area contributed by atoms with E-state index in [1.165, 1.54) is 18.9 Å². The first kappa shape index (κ1) is 14.1.